The Morgan fingerprint density at radius 1 is 1.53 bits per heavy atom. The number of aryl methyl sites for hydroxylation is 1. The molecule has 6 nitrogen and oxygen atoms in total. The predicted molar refractivity (Wildman–Crippen MR) is 62.3 cm³/mol. The van der Waals surface area contributed by atoms with Gasteiger partial charge in [-0.2, -0.15) is 0 Å². The Kier molecular flexibility index (Phi) is 3.06. The molecule has 0 aliphatic carbocycles. The van der Waals surface area contributed by atoms with Crippen LogP contribution in [0.1, 0.15) is 11.3 Å². The minimum Gasteiger partial charge on any atom is -0.258 e. The number of benzene rings is 1. The second-order valence-electron chi connectivity index (χ2n) is 3.54. The molecule has 2 rings (SSSR count). The number of nitro groups is 1. The smallest absolute Gasteiger partial charge is 0.258 e. The molecule has 0 saturated heterocycles. The van der Waals surface area contributed by atoms with Gasteiger partial charge < -0.3 is 0 Å². The second kappa shape index (κ2) is 4.50. The molecule has 1 aromatic heterocycles. The number of halogens is 1. The summed E-state index contributed by atoms with van der Waals surface area (Å²) in [7, 11) is 0. The van der Waals surface area contributed by atoms with Crippen molar-refractivity contribution in [3.63, 3.8) is 0 Å². The lowest BCUT2D eigenvalue weighted by molar-refractivity contribution is -0.384. The highest BCUT2D eigenvalue weighted by atomic mass is 35.5. The van der Waals surface area contributed by atoms with Gasteiger partial charge in [-0.1, -0.05) is 11.3 Å². The van der Waals surface area contributed by atoms with Crippen LogP contribution in [0, 0.1) is 17.0 Å². The summed E-state index contributed by atoms with van der Waals surface area (Å²) >= 11 is 5.61. The highest BCUT2D eigenvalue weighted by Gasteiger charge is 2.16. The van der Waals surface area contributed by atoms with Gasteiger partial charge in [0.05, 0.1) is 22.7 Å². The van der Waals surface area contributed by atoms with Crippen LogP contribution in [0.3, 0.4) is 0 Å². The van der Waals surface area contributed by atoms with Gasteiger partial charge in [-0.15, -0.1) is 16.7 Å². The normalized spacial score (nSPS) is 10.5. The van der Waals surface area contributed by atoms with Gasteiger partial charge in [-0.25, -0.2) is 4.68 Å². The van der Waals surface area contributed by atoms with E-state index < -0.39 is 4.92 Å². The van der Waals surface area contributed by atoms with Gasteiger partial charge in [-0.05, 0) is 18.6 Å². The van der Waals surface area contributed by atoms with Gasteiger partial charge in [0.2, 0.25) is 0 Å². The van der Waals surface area contributed by atoms with Crippen molar-refractivity contribution in [1.29, 1.82) is 0 Å². The number of hydrogen-bond donors (Lipinski definition) is 0. The van der Waals surface area contributed by atoms with E-state index in [-0.39, 0.29) is 11.6 Å². The Bertz CT molecular complexity index is 567. The zero-order valence-electron chi connectivity index (χ0n) is 9.00. The third-order valence-corrected chi connectivity index (χ3v) is 2.53. The molecule has 0 saturated carbocycles. The highest BCUT2D eigenvalue weighted by molar-refractivity contribution is 6.16. The van der Waals surface area contributed by atoms with Gasteiger partial charge in [0, 0.05) is 6.07 Å². The largest absolute Gasteiger partial charge is 0.294 e. The maximum atomic E-state index is 10.9. The maximum absolute atomic E-state index is 10.9. The molecule has 0 unspecified atom stereocenters. The third kappa shape index (κ3) is 2.26. The molecule has 88 valence electrons. The van der Waals surface area contributed by atoms with Crippen LogP contribution in [0.15, 0.2) is 24.4 Å². The summed E-state index contributed by atoms with van der Waals surface area (Å²) in [4.78, 5) is 10.5. The average molecular weight is 253 g/mol. The van der Waals surface area contributed by atoms with Crippen LogP contribution in [0.25, 0.3) is 5.69 Å². The molecule has 17 heavy (non-hydrogen) atoms. The predicted octanol–water partition coefficient (Wildman–Crippen LogP) is 2.22. The zero-order chi connectivity index (χ0) is 12.4. The van der Waals surface area contributed by atoms with E-state index in [1.54, 1.807) is 18.3 Å². The molecular formula is C10H9ClN4O2. The maximum Gasteiger partial charge on any atom is 0.294 e. The minimum atomic E-state index is -0.448. The fourth-order valence-corrected chi connectivity index (χ4v) is 1.57. The molecule has 1 aromatic carbocycles. The van der Waals surface area contributed by atoms with E-state index in [0.29, 0.717) is 11.4 Å². The van der Waals surface area contributed by atoms with Crippen molar-refractivity contribution >= 4 is 17.3 Å². The monoisotopic (exact) mass is 252 g/mol. The second-order valence-corrected chi connectivity index (χ2v) is 3.80. The first-order valence-corrected chi connectivity index (χ1v) is 5.38. The van der Waals surface area contributed by atoms with E-state index in [0.717, 1.165) is 5.56 Å². The van der Waals surface area contributed by atoms with E-state index in [4.69, 9.17) is 11.6 Å². The summed E-state index contributed by atoms with van der Waals surface area (Å²) in [5, 5.41) is 18.5. The standard InChI is InChI=1S/C10H9ClN4O2/c1-7-2-3-9(15(16)17)10(4-7)14-6-8(5-11)12-13-14/h2-4,6H,5H2,1H3. The Morgan fingerprint density at radius 3 is 2.88 bits per heavy atom. The first kappa shape index (κ1) is 11.5. The molecule has 0 radical (unpaired) electrons. The van der Waals surface area contributed by atoms with Crippen LogP contribution in [0.4, 0.5) is 5.69 Å². The summed E-state index contributed by atoms with van der Waals surface area (Å²) in [5.41, 5.74) is 1.86. The number of nitro benzene ring substituents is 1. The summed E-state index contributed by atoms with van der Waals surface area (Å²) in [6, 6.07) is 4.82. The van der Waals surface area contributed by atoms with E-state index in [1.807, 2.05) is 6.92 Å². The topological polar surface area (TPSA) is 73.8 Å². The zero-order valence-corrected chi connectivity index (χ0v) is 9.76. The van der Waals surface area contributed by atoms with Crippen LogP contribution in [-0.2, 0) is 5.88 Å². The molecule has 0 amide bonds. The van der Waals surface area contributed by atoms with Crippen LogP contribution in [0.2, 0.25) is 0 Å². The molecule has 0 N–H and O–H groups in total. The lowest BCUT2D eigenvalue weighted by Crippen LogP contribution is -2.01. The van der Waals surface area contributed by atoms with Gasteiger partial charge >= 0.3 is 0 Å². The van der Waals surface area contributed by atoms with Crippen LogP contribution >= 0.6 is 11.6 Å². The molecule has 0 aliphatic heterocycles. The SMILES string of the molecule is Cc1ccc([N+](=O)[O-])c(-n2cc(CCl)nn2)c1. The van der Waals surface area contributed by atoms with Crippen molar-refractivity contribution in [2.24, 2.45) is 0 Å². The van der Waals surface area contributed by atoms with Crippen molar-refractivity contribution in [3.8, 4) is 5.69 Å². The van der Waals surface area contributed by atoms with Crippen LogP contribution in [-0.4, -0.2) is 19.9 Å². The summed E-state index contributed by atoms with van der Waals surface area (Å²) < 4.78 is 1.36. The van der Waals surface area contributed by atoms with Gasteiger partial charge in [0.1, 0.15) is 5.69 Å². The highest BCUT2D eigenvalue weighted by Crippen LogP contribution is 2.23. The van der Waals surface area contributed by atoms with E-state index >= 15 is 0 Å². The molecule has 0 aliphatic rings. The number of hydrogen-bond acceptors (Lipinski definition) is 4. The van der Waals surface area contributed by atoms with Crippen LogP contribution in [0.5, 0.6) is 0 Å². The Hall–Kier alpha value is -1.95. The molecular weight excluding hydrogens is 244 g/mol. The molecule has 0 atom stereocenters. The molecule has 0 spiro atoms. The molecule has 0 fully saturated rings. The minimum absolute atomic E-state index is 0.0124. The van der Waals surface area contributed by atoms with Gasteiger partial charge in [-0.3, -0.25) is 10.1 Å². The Balaban J connectivity index is 2.56. The van der Waals surface area contributed by atoms with E-state index in [2.05, 4.69) is 10.3 Å². The number of aromatic nitrogens is 3. The van der Waals surface area contributed by atoms with Gasteiger partial charge in [0.15, 0.2) is 0 Å². The number of nitrogens with zero attached hydrogens (tertiary/aromatic N) is 4. The Labute approximate surface area is 102 Å². The quantitative estimate of drug-likeness (QED) is 0.477. The fourth-order valence-electron chi connectivity index (χ4n) is 1.45. The summed E-state index contributed by atoms with van der Waals surface area (Å²) in [6.07, 6.45) is 1.58. The van der Waals surface area contributed by atoms with E-state index in [9.17, 15) is 10.1 Å². The first-order valence-electron chi connectivity index (χ1n) is 4.84. The summed E-state index contributed by atoms with van der Waals surface area (Å²) in [5.74, 6) is 0.222. The lowest BCUT2D eigenvalue weighted by Gasteiger charge is -2.02. The average Bonchev–Trinajstić information content (AvgIpc) is 2.76. The lowest BCUT2D eigenvalue weighted by atomic mass is 10.2. The molecule has 2 aromatic rings. The summed E-state index contributed by atoms with van der Waals surface area (Å²) in [6.45, 7) is 1.85. The number of alkyl halides is 1. The molecule has 0 bridgehead atoms. The van der Waals surface area contributed by atoms with E-state index in [1.165, 1.54) is 10.7 Å². The van der Waals surface area contributed by atoms with Crippen molar-refractivity contribution in [1.82, 2.24) is 15.0 Å². The van der Waals surface area contributed by atoms with Crippen molar-refractivity contribution in [2.45, 2.75) is 12.8 Å². The molecule has 7 heteroatoms. The number of rotatable bonds is 3. The third-order valence-electron chi connectivity index (χ3n) is 2.25. The molecule has 1 heterocycles. The van der Waals surface area contributed by atoms with Crippen LogP contribution < -0.4 is 0 Å². The fraction of sp³-hybridized carbons (Fsp3) is 0.200. The van der Waals surface area contributed by atoms with Gasteiger partial charge in [0.25, 0.3) is 5.69 Å². The van der Waals surface area contributed by atoms with Crippen molar-refractivity contribution < 1.29 is 4.92 Å². The van der Waals surface area contributed by atoms with Crippen molar-refractivity contribution in [2.75, 3.05) is 0 Å². The first-order chi connectivity index (χ1) is 8.11. The van der Waals surface area contributed by atoms with Crippen molar-refractivity contribution in [3.05, 3.63) is 45.8 Å². The Morgan fingerprint density at radius 2 is 2.29 bits per heavy atom.